The molecule has 1 atom stereocenters. The van der Waals surface area contributed by atoms with Crippen molar-refractivity contribution in [1.29, 1.82) is 0 Å². The maximum atomic E-state index is 4.39. The topological polar surface area (TPSA) is 68.5 Å². The fourth-order valence-corrected chi connectivity index (χ4v) is 3.56. The lowest BCUT2D eigenvalue weighted by molar-refractivity contribution is 0.188. The van der Waals surface area contributed by atoms with E-state index in [9.17, 15) is 0 Å². The summed E-state index contributed by atoms with van der Waals surface area (Å²) in [6.45, 7) is 15.6. The molecule has 0 bridgehead atoms. The molecule has 0 saturated heterocycles. The summed E-state index contributed by atoms with van der Waals surface area (Å²) in [4.78, 5) is 4.09. The van der Waals surface area contributed by atoms with Crippen molar-refractivity contribution in [3.8, 4) is 0 Å². The van der Waals surface area contributed by atoms with E-state index in [1.807, 2.05) is 16.8 Å². The molecule has 0 aliphatic heterocycles. The number of pyridine rings is 1. The largest absolute Gasteiger partial charge is 0.375 e. The standard InChI is InChI=1S/C19H32N6/c1-14(2)12-16(21-15-8-10-20-11-9-15)17-22-23-24-25(17)19(6,7)13-18(3,4)5/h8-11,14,16H,12-13H2,1-7H3,(H,20,21). The second-order valence-corrected chi connectivity index (χ2v) is 9.06. The van der Waals surface area contributed by atoms with E-state index < -0.39 is 0 Å². The first-order valence-corrected chi connectivity index (χ1v) is 9.04. The molecule has 0 fully saturated rings. The molecule has 1 N–H and O–H groups in total. The second kappa shape index (κ2) is 7.50. The average molecular weight is 345 g/mol. The van der Waals surface area contributed by atoms with Crippen LogP contribution in [0.1, 0.15) is 73.2 Å². The molecular formula is C19H32N6. The molecule has 2 rings (SSSR count). The van der Waals surface area contributed by atoms with Crippen LogP contribution in [0.2, 0.25) is 0 Å². The molecule has 1 unspecified atom stereocenters. The summed E-state index contributed by atoms with van der Waals surface area (Å²) in [7, 11) is 0. The Balaban J connectivity index is 2.34. The lowest BCUT2D eigenvalue weighted by Gasteiger charge is -2.34. The summed E-state index contributed by atoms with van der Waals surface area (Å²) in [5, 5.41) is 16.3. The molecule has 0 aliphatic rings. The Morgan fingerprint density at radius 3 is 2.28 bits per heavy atom. The van der Waals surface area contributed by atoms with E-state index in [4.69, 9.17) is 0 Å². The van der Waals surface area contributed by atoms with Crippen LogP contribution in [0, 0.1) is 11.3 Å². The van der Waals surface area contributed by atoms with Crippen molar-refractivity contribution in [2.45, 2.75) is 72.9 Å². The molecule has 6 heteroatoms. The zero-order chi connectivity index (χ0) is 18.7. The Kier molecular flexibility index (Phi) is 5.80. The Labute approximate surface area is 151 Å². The maximum Gasteiger partial charge on any atom is 0.174 e. The third-order valence-corrected chi connectivity index (χ3v) is 4.07. The summed E-state index contributed by atoms with van der Waals surface area (Å²) < 4.78 is 2.00. The van der Waals surface area contributed by atoms with Gasteiger partial charge < -0.3 is 5.32 Å². The van der Waals surface area contributed by atoms with Crippen LogP contribution < -0.4 is 5.32 Å². The van der Waals surface area contributed by atoms with Gasteiger partial charge in [-0.05, 0) is 60.6 Å². The number of anilines is 1. The molecule has 0 aliphatic carbocycles. The number of hydrogen-bond donors (Lipinski definition) is 1. The van der Waals surface area contributed by atoms with E-state index in [1.54, 1.807) is 12.4 Å². The van der Waals surface area contributed by atoms with Crippen LogP contribution in [0.4, 0.5) is 5.69 Å². The van der Waals surface area contributed by atoms with Crippen molar-refractivity contribution < 1.29 is 0 Å². The Morgan fingerprint density at radius 1 is 1.08 bits per heavy atom. The fourth-order valence-electron chi connectivity index (χ4n) is 3.56. The van der Waals surface area contributed by atoms with Crippen molar-refractivity contribution in [1.82, 2.24) is 25.2 Å². The van der Waals surface area contributed by atoms with E-state index in [2.05, 4.69) is 74.3 Å². The molecule has 0 saturated carbocycles. The highest BCUT2D eigenvalue weighted by molar-refractivity contribution is 5.42. The molecule has 0 spiro atoms. The molecule has 0 aromatic carbocycles. The van der Waals surface area contributed by atoms with Crippen LogP contribution in [0.15, 0.2) is 24.5 Å². The Morgan fingerprint density at radius 2 is 1.72 bits per heavy atom. The first kappa shape index (κ1) is 19.3. The molecular weight excluding hydrogens is 312 g/mol. The molecule has 25 heavy (non-hydrogen) atoms. The quantitative estimate of drug-likeness (QED) is 0.804. The highest BCUT2D eigenvalue weighted by atomic mass is 15.6. The minimum Gasteiger partial charge on any atom is -0.375 e. The Hall–Kier alpha value is -1.98. The van der Waals surface area contributed by atoms with Gasteiger partial charge >= 0.3 is 0 Å². The van der Waals surface area contributed by atoms with Gasteiger partial charge in [-0.25, -0.2) is 4.68 Å². The van der Waals surface area contributed by atoms with E-state index in [0.717, 1.165) is 24.4 Å². The van der Waals surface area contributed by atoms with Crippen molar-refractivity contribution >= 4 is 5.69 Å². The van der Waals surface area contributed by atoms with Crippen molar-refractivity contribution in [2.24, 2.45) is 11.3 Å². The van der Waals surface area contributed by atoms with Gasteiger partial charge in [0.05, 0.1) is 11.6 Å². The van der Waals surface area contributed by atoms with Gasteiger partial charge in [0.25, 0.3) is 0 Å². The van der Waals surface area contributed by atoms with Crippen LogP contribution in [0.5, 0.6) is 0 Å². The molecule has 138 valence electrons. The van der Waals surface area contributed by atoms with Gasteiger partial charge in [-0.15, -0.1) is 5.10 Å². The summed E-state index contributed by atoms with van der Waals surface area (Å²) in [6.07, 6.45) is 5.53. The van der Waals surface area contributed by atoms with Gasteiger partial charge in [0.1, 0.15) is 0 Å². The van der Waals surface area contributed by atoms with Gasteiger partial charge in [0, 0.05) is 18.1 Å². The zero-order valence-electron chi connectivity index (χ0n) is 16.6. The van der Waals surface area contributed by atoms with Crippen LogP contribution >= 0.6 is 0 Å². The molecule has 0 radical (unpaired) electrons. The number of hydrogen-bond acceptors (Lipinski definition) is 5. The van der Waals surface area contributed by atoms with E-state index in [1.165, 1.54) is 0 Å². The van der Waals surface area contributed by atoms with E-state index in [-0.39, 0.29) is 17.0 Å². The van der Waals surface area contributed by atoms with Gasteiger partial charge in [-0.2, -0.15) is 0 Å². The van der Waals surface area contributed by atoms with Crippen LogP contribution in [0.25, 0.3) is 0 Å². The second-order valence-electron chi connectivity index (χ2n) is 9.06. The van der Waals surface area contributed by atoms with Crippen molar-refractivity contribution in [3.05, 3.63) is 30.4 Å². The SMILES string of the molecule is CC(C)CC(Nc1ccncc1)c1nnnn1C(C)(C)CC(C)(C)C. The molecule has 6 nitrogen and oxygen atoms in total. The third kappa shape index (κ3) is 5.51. The van der Waals surface area contributed by atoms with Gasteiger partial charge in [0.2, 0.25) is 0 Å². The van der Waals surface area contributed by atoms with Gasteiger partial charge in [-0.1, -0.05) is 34.6 Å². The van der Waals surface area contributed by atoms with E-state index >= 15 is 0 Å². The smallest absolute Gasteiger partial charge is 0.174 e. The molecule has 0 amide bonds. The Bertz CT molecular complexity index is 654. The minimum absolute atomic E-state index is 0.0524. The lowest BCUT2D eigenvalue weighted by Crippen LogP contribution is -2.35. The lowest BCUT2D eigenvalue weighted by atomic mass is 9.81. The summed E-state index contributed by atoms with van der Waals surface area (Å²) in [5.74, 6) is 1.41. The van der Waals surface area contributed by atoms with Crippen LogP contribution in [0.3, 0.4) is 0 Å². The minimum atomic E-state index is -0.160. The molecule has 2 aromatic rings. The summed E-state index contributed by atoms with van der Waals surface area (Å²) in [5.41, 5.74) is 1.06. The van der Waals surface area contributed by atoms with Crippen molar-refractivity contribution in [2.75, 3.05) is 5.32 Å². The highest BCUT2D eigenvalue weighted by Gasteiger charge is 2.33. The number of nitrogens with one attached hydrogen (secondary N) is 1. The fraction of sp³-hybridized carbons (Fsp3) is 0.684. The first-order chi connectivity index (χ1) is 11.6. The van der Waals surface area contributed by atoms with Gasteiger partial charge in [-0.3, -0.25) is 4.98 Å². The van der Waals surface area contributed by atoms with Crippen molar-refractivity contribution in [3.63, 3.8) is 0 Å². The predicted octanol–water partition coefficient (Wildman–Crippen LogP) is 4.44. The highest BCUT2D eigenvalue weighted by Crippen LogP contribution is 2.34. The number of rotatable bonds is 7. The van der Waals surface area contributed by atoms with Crippen LogP contribution in [-0.2, 0) is 5.54 Å². The van der Waals surface area contributed by atoms with Crippen LogP contribution in [-0.4, -0.2) is 25.2 Å². The summed E-state index contributed by atoms with van der Waals surface area (Å²) in [6, 6.07) is 4.00. The maximum absolute atomic E-state index is 4.39. The zero-order valence-corrected chi connectivity index (χ0v) is 16.6. The predicted molar refractivity (Wildman–Crippen MR) is 101 cm³/mol. The third-order valence-electron chi connectivity index (χ3n) is 4.07. The van der Waals surface area contributed by atoms with Gasteiger partial charge in [0.15, 0.2) is 5.82 Å². The average Bonchev–Trinajstić information content (AvgIpc) is 2.95. The number of tetrazole rings is 1. The number of aromatic nitrogens is 5. The molecule has 2 aromatic heterocycles. The van der Waals surface area contributed by atoms with E-state index in [0.29, 0.717) is 5.92 Å². The normalized spacial score (nSPS) is 13.9. The first-order valence-electron chi connectivity index (χ1n) is 9.04. The monoisotopic (exact) mass is 344 g/mol. The molecule has 2 heterocycles. The summed E-state index contributed by atoms with van der Waals surface area (Å²) >= 11 is 0. The number of nitrogens with zero attached hydrogens (tertiary/aromatic N) is 5.